The lowest BCUT2D eigenvalue weighted by molar-refractivity contribution is -0.133. The van der Waals surface area contributed by atoms with Crippen LogP contribution < -0.4 is 0 Å². The van der Waals surface area contributed by atoms with Crippen molar-refractivity contribution in [2.45, 2.75) is 12.8 Å². The highest BCUT2D eigenvalue weighted by molar-refractivity contribution is 6.00. The summed E-state index contributed by atoms with van der Waals surface area (Å²) in [5.41, 5.74) is 2.53. The largest absolute Gasteiger partial charge is 0.459 e. The number of Topliss-reactive ketones (excluding diaryl/α,β-unsaturated/α-hetero) is 1. The third kappa shape index (κ3) is 1.96. The Morgan fingerprint density at radius 3 is 2.94 bits per heavy atom. The predicted molar refractivity (Wildman–Crippen MR) is 58.0 cm³/mol. The molecule has 3 nitrogen and oxygen atoms in total. The van der Waals surface area contributed by atoms with Crippen LogP contribution in [0.3, 0.4) is 0 Å². The monoisotopic (exact) mass is 214 g/mol. The molecule has 1 aliphatic rings. The van der Waals surface area contributed by atoms with Crippen molar-refractivity contribution in [1.82, 2.24) is 0 Å². The number of hydrogen-bond acceptors (Lipinski definition) is 3. The van der Waals surface area contributed by atoms with Crippen molar-refractivity contribution in [3.8, 4) is 11.8 Å². The highest BCUT2D eigenvalue weighted by Gasteiger charge is 2.18. The normalized spacial score (nSPS) is 12.7. The van der Waals surface area contributed by atoms with Gasteiger partial charge in [0, 0.05) is 23.5 Å². The molecule has 80 valence electrons. The fourth-order valence-corrected chi connectivity index (χ4v) is 1.71. The number of fused-ring (bicyclic) bond motifs is 1. The summed E-state index contributed by atoms with van der Waals surface area (Å²) < 4.78 is 4.41. The Balaban J connectivity index is 2.28. The van der Waals surface area contributed by atoms with Gasteiger partial charge in [0.25, 0.3) is 0 Å². The third-order valence-corrected chi connectivity index (χ3v) is 2.52. The minimum Gasteiger partial charge on any atom is -0.459 e. The number of ketones is 1. The Hall–Kier alpha value is -2.08. The molecule has 1 aromatic rings. The first-order valence-electron chi connectivity index (χ1n) is 4.97. The van der Waals surface area contributed by atoms with Gasteiger partial charge in [-0.25, -0.2) is 4.79 Å². The molecule has 0 N–H and O–H groups in total. The molecule has 0 fully saturated rings. The molecule has 0 radical (unpaired) electrons. The maximum Gasteiger partial charge on any atom is 0.384 e. The Labute approximate surface area is 93.4 Å². The van der Waals surface area contributed by atoms with Gasteiger partial charge in [-0.05, 0) is 30.2 Å². The van der Waals surface area contributed by atoms with Gasteiger partial charge in [0.05, 0.1) is 7.11 Å². The van der Waals surface area contributed by atoms with Gasteiger partial charge in [0.15, 0.2) is 5.78 Å². The number of rotatable bonds is 0. The quantitative estimate of drug-likeness (QED) is 0.483. The fourth-order valence-electron chi connectivity index (χ4n) is 1.71. The predicted octanol–water partition coefficient (Wildman–Crippen LogP) is 1.34. The van der Waals surface area contributed by atoms with Crippen molar-refractivity contribution in [2.24, 2.45) is 0 Å². The van der Waals surface area contributed by atoms with Crippen LogP contribution >= 0.6 is 0 Å². The average Bonchev–Trinajstić information content (AvgIpc) is 2.67. The fraction of sp³-hybridized carbons (Fsp3) is 0.231. The maximum atomic E-state index is 11.4. The summed E-state index contributed by atoms with van der Waals surface area (Å²) in [5.74, 6) is 4.68. The van der Waals surface area contributed by atoms with Gasteiger partial charge in [-0.1, -0.05) is 5.92 Å². The molecule has 0 bridgehead atoms. The Kier molecular flexibility index (Phi) is 2.74. The van der Waals surface area contributed by atoms with Gasteiger partial charge in [0.1, 0.15) is 0 Å². The van der Waals surface area contributed by atoms with Crippen molar-refractivity contribution in [1.29, 1.82) is 0 Å². The summed E-state index contributed by atoms with van der Waals surface area (Å²) in [6.07, 6.45) is 1.34. The molecule has 16 heavy (non-hydrogen) atoms. The zero-order valence-corrected chi connectivity index (χ0v) is 8.87. The van der Waals surface area contributed by atoms with E-state index in [0.717, 1.165) is 23.1 Å². The van der Waals surface area contributed by atoms with Crippen LogP contribution in [0.1, 0.15) is 27.9 Å². The zero-order valence-electron chi connectivity index (χ0n) is 8.87. The van der Waals surface area contributed by atoms with E-state index < -0.39 is 5.97 Å². The Morgan fingerprint density at radius 1 is 1.38 bits per heavy atom. The van der Waals surface area contributed by atoms with Crippen LogP contribution in [0.25, 0.3) is 0 Å². The van der Waals surface area contributed by atoms with Crippen molar-refractivity contribution in [3.05, 3.63) is 34.9 Å². The number of methoxy groups -OCH3 is 1. The Morgan fingerprint density at radius 2 is 2.19 bits per heavy atom. The maximum absolute atomic E-state index is 11.4. The summed E-state index contributed by atoms with van der Waals surface area (Å²) in [7, 11) is 1.29. The number of ether oxygens (including phenoxy) is 1. The molecule has 0 aliphatic heterocycles. The number of benzene rings is 1. The average molecular weight is 214 g/mol. The van der Waals surface area contributed by atoms with E-state index in [9.17, 15) is 9.59 Å². The molecular weight excluding hydrogens is 204 g/mol. The summed E-state index contributed by atoms with van der Waals surface area (Å²) >= 11 is 0. The first-order valence-corrected chi connectivity index (χ1v) is 4.97. The summed E-state index contributed by atoms with van der Waals surface area (Å²) in [5, 5.41) is 0. The van der Waals surface area contributed by atoms with Crippen LogP contribution in [0.5, 0.6) is 0 Å². The summed E-state index contributed by atoms with van der Waals surface area (Å²) in [6, 6.07) is 5.38. The molecule has 0 atom stereocenters. The first kappa shape index (κ1) is 10.4. The van der Waals surface area contributed by atoms with Gasteiger partial charge in [-0.2, -0.15) is 0 Å². The van der Waals surface area contributed by atoms with Crippen molar-refractivity contribution in [3.63, 3.8) is 0 Å². The number of esters is 1. The lowest BCUT2D eigenvalue weighted by Crippen LogP contribution is -1.95. The standard InChI is InChI=1S/C13H10O3/c1-16-13(15)7-3-9-2-5-11-10(8-9)4-6-12(11)14/h2,5,8H,4,6H2,1H3. The molecule has 0 unspecified atom stereocenters. The molecular formula is C13H10O3. The highest BCUT2D eigenvalue weighted by atomic mass is 16.5. The molecule has 0 aromatic heterocycles. The molecule has 0 saturated carbocycles. The topological polar surface area (TPSA) is 43.4 Å². The second-order valence-corrected chi connectivity index (χ2v) is 3.54. The number of carbonyl (C=O) groups excluding carboxylic acids is 2. The SMILES string of the molecule is COC(=O)C#Cc1ccc2c(c1)CCC2=O. The summed E-state index contributed by atoms with van der Waals surface area (Å²) in [4.78, 5) is 22.2. The molecule has 3 heteroatoms. The first-order chi connectivity index (χ1) is 7.70. The number of aryl methyl sites for hydroxylation is 1. The lowest BCUT2D eigenvalue weighted by Gasteiger charge is -1.97. The second kappa shape index (κ2) is 4.19. The van der Waals surface area contributed by atoms with E-state index in [-0.39, 0.29) is 5.78 Å². The molecule has 0 spiro atoms. The van der Waals surface area contributed by atoms with Gasteiger partial charge < -0.3 is 4.74 Å². The van der Waals surface area contributed by atoms with Crippen molar-refractivity contribution in [2.75, 3.05) is 7.11 Å². The van der Waals surface area contributed by atoms with Crippen LogP contribution in [0.15, 0.2) is 18.2 Å². The number of hydrogen-bond donors (Lipinski definition) is 0. The van der Waals surface area contributed by atoms with Crippen LogP contribution in [0, 0.1) is 11.8 Å². The van der Waals surface area contributed by atoms with E-state index in [1.165, 1.54) is 7.11 Å². The van der Waals surface area contributed by atoms with Gasteiger partial charge in [0.2, 0.25) is 0 Å². The Bertz CT molecular complexity index is 518. The van der Waals surface area contributed by atoms with E-state index in [4.69, 9.17) is 0 Å². The molecule has 0 heterocycles. The van der Waals surface area contributed by atoms with Crippen LogP contribution in [-0.2, 0) is 16.0 Å². The zero-order chi connectivity index (χ0) is 11.5. The molecule has 0 amide bonds. The van der Waals surface area contributed by atoms with Gasteiger partial charge >= 0.3 is 5.97 Å². The minimum atomic E-state index is -0.559. The lowest BCUT2D eigenvalue weighted by atomic mass is 10.1. The third-order valence-electron chi connectivity index (χ3n) is 2.52. The van der Waals surface area contributed by atoms with Gasteiger partial charge in [-0.3, -0.25) is 4.79 Å². The molecule has 1 aromatic carbocycles. The van der Waals surface area contributed by atoms with Crippen LogP contribution in [0.4, 0.5) is 0 Å². The van der Waals surface area contributed by atoms with E-state index in [0.29, 0.717) is 6.42 Å². The highest BCUT2D eigenvalue weighted by Crippen LogP contribution is 2.22. The smallest absolute Gasteiger partial charge is 0.384 e. The van der Waals surface area contributed by atoms with Crippen LogP contribution in [-0.4, -0.2) is 18.9 Å². The van der Waals surface area contributed by atoms with E-state index in [1.54, 1.807) is 12.1 Å². The molecule has 2 rings (SSSR count). The van der Waals surface area contributed by atoms with E-state index >= 15 is 0 Å². The van der Waals surface area contributed by atoms with Gasteiger partial charge in [-0.15, -0.1) is 0 Å². The summed E-state index contributed by atoms with van der Waals surface area (Å²) in [6.45, 7) is 0. The molecule has 1 aliphatic carbocycles. The molecule has 0 saturated heterocycles. The van der Waals surface area contributed by atoms with Crippen LogP contribution in [0.2, 0.25) is 0 Å². The second-order valence-electron chi connectivity index (χ2n) is 3.54. The van der Waals surface area contributed by atoms with Crippen molar-refractivity contribution >= 4 is 11.8 Å². The van der Waals surface area contributed by atoms with E-state index in [1.807, 2.05) is 6.07 Å². The minimum absolute atomic E-state index is 0.183. The number of carbonyl (C=O) groups is 2. The van der Waals surface area contributed by atoms with Crippen molar-refractivity contribution < 1.29 is 14.3 Å². The van der Waals surface area contributed by atoms with E-state index in [2.05, 4.69) is 16.6 Å².